The Hall–Kier alpha value is -5.74. The topological polar surface area (TPSA) is 125 Å². The number of hydrogen-bond donors (Lipinski definition) is 2. The fourth-order valence-electron chi connectivity index (χ4n) is 6.38. The van der Waals surface area contributed by atoms with Gasteiger partial charge in [-0.2, -0.15) is 0 Å². The summed E-state index contributed by atoms with van der Waals surface area (Å²) in [5, 5.41) is 5.18. The van der Waals surface area contributed by atoms with Gasteiger partial charge in [0.05, 0.1) is 24.2 Å². The summed E-state index contributed by atoms with van der Waals surface area (Å²) in [7, 11) is 1.66. The molecule has 1 atom stereocenters. The number of carbonyl (C=O) groups excluding carboxylic acids is 5. The summed E-state index contributed by atoms with van der Waals surface area (Å²) in [6.07, 6.45) is 0.789. The molecule has 10 nitrogen and oxygen atoms in total. The molecule has 1 unspecified atom stereocenters. The van der Waals surface area contributed by atoms with E-state index in [0.717, 1.165) is 32.7 Å². The third-order valence-corrected chi connectivity index (χ3v) is 9.18. The molecule has 11 heteroatoms. The average Bonchev–Trinajstić information content (AvgIpc) is 3.40. The molecule has 51 heavy (non-hydrogen) atoms. The standard InChI is InChI=1S/C40H37ClN4O6/c1-44(35(47)25-42-32-14-8-13-31-37(32)40(50)45(39(31)49)33-19-20-34(46)43-38(33)48)23-24-51-29-17-15-28(16-18-29)36(27-11-6-3-7-12-27)30(21-22-41)26-9-4-2-5-10-26/h2-18,33,42H,19-25H2,1H3,(H,43,46,48)/b36-30-. The first-order valence-corrected chi connectivity index (χ1v) is 17.3. The molecule has 4 aromatic carbocycles. The number of halogens is 1. The molecule has 2 heterocycles. The summed E-state index contributed by atoms with van der Waals surface area (Å²) in [6.45, 7) is 0.417. The van der Waals surface area contributed by atoms with Crippen molar-refractivity contribution in [1.29, 1.82) is 0 Å². The number of nitrogens with zero attached hydrogens (tertiary/aromatic N) is 2. The Kier molecular flexibility index (Phi) is 10.9. The van der Waals surface area contributed by atoms with Crippen molar-refractivity contribution in [3.8, 4) is 5.75 Å². The van der Waals surface area contributed by atoms with Gasteiger partial charge < -0.3 is 15.0 Å². The van der Waals surface area contributed by atoms with Gasteiger partial charge in [0.15, 0.2) is 0 Å². The number of benzene rings is 4. The lowest BCUT2D eigenvalue weighted by atomic mass is 9.88. The maximum atomic E-state index is 13.3. The number of ether oxygens (including phenoxy) is 1. The number of alkyl halides is 1. The summed E-state index contributed by atoms with van der Waals surface area (Å²) in [5.74, 6) is -1.49. The zero-order chi connectivity index (χ0) is 35.9. The number of allylic oxidation sites excluding steroid dienone is 1. The third kappa shape index (κ3) is 7.71. The second-order valence-electron chi connectivity index (χ2n) is 12.2. The van der Waals surface area contributed by atoms with E-state index in [2.05, 4.69) is 34.9 Å². The first-order valence-electron chi connectivity index (χ1n) is 16.7. The zero-order valence-corrected chi connectivity index (χ0v) is 28.8. The summed E-state index contributed by atoms with van der Waals surface area (Å²) < 4.78 is 6.00. The number of rotatable bonds is 13. The lowest BCUT2D eigenvalue weighted by Gasteiger charge is -2.27. The van der Waals surface area contributed by atoms with Crippen molar-refractivity contribution in [2.24, 2.45) is 0 Å². The van der Waals surface area contributed by atoms with Crippen molar-refractivity contribution in [3.05, 3.63) is 131 Å². The third-order valence-electron chi connectivity index (χ3n) is 8.99. The zero-order valence-electron chi connectivity index (χ0n) is 28.1. The predicted octanol–water partition coefficient (Wildman–Crippen LogP) is 5.63. The van der Waals surface area contributed by atoms with Gasteiger partial charge in [-0.05, 0) is 64.9 Å². The fraction of sp³-hybridized carbons (Fsp3) is 0.225. The van der Waals surface area contributed by atoms with E-state index in [0.29, 0.717) is 30.3 Å². The molecule has 1 fully saturated rings. The van der Waals surface area contributed by atoms with Crippen molar-refractivity contribution >= 4 is 58.0 Å². The summed E-state index contributed by atoms with van der Waals surface area (Å²) >= 11 is 6.29. The number of carbonyl (C=O) groups is 5. The van der Waals surface area contributed by atoms with Crippen molar-refractivity contribution in [2.45, 2.75) is 25.3 Å². The van der Waals surface area contributed by atoms with E-state index in [1.54, 1.807) is 19.2 Å². The highest BCUT2D eigenvalue weighted by Crippen LogP contribution is 2.36. The van der Waals surface area contributed by atoms with Gasteiger partial charge in [-0.1, -0.05) is 78.9 Å². The molecule has 0 radical (unpaired) electrons. The van der Waals surface area contributed by atoms with Crippen LogP contribution in [0, 0.1) is 0 Å². The summed E-state index contributed by atoms with van der Waals surface area (Å²) in [5.41, 5.74) is 6.04. The van der Waals surface area contributed by atoms with Crippen molar-refractivity contribution in [2.75, 3.05) is 37.9 Å². The smallest absolute Gasteiger partial charge is 0.264 e. The summed E-state index contributed by atoms with van der Waals surface area (Å²) in [6, 6.07) is 32.0. The van der Waals surface area contributed by atoms with Gasteiger partial charge in [0.25, 0.3) is 11.8 Å². The van der Waals surface area contributed by atoms with E-state index in [4.69, 9.17) is 16.3 Å². The van der Waals surface area contributed by atoms with E-state index in [-0.39, 0.29) is 43.0 Å². The lowest BCUT2D eigenvalue weighted by Crippen LogP contribution is -2.54. The Morgan fingerprint density at radius 3 is 2.20 bits per heavy atom. The second kappa shape index (κ2) is 15.9. The molecule has 2 aliphatic rings. The second-order valence-corrected chi connectivity index (χ2v) is 12.6. The van der Waals surface area contributed by atoms with Crippen LogP contribution in [0.25, 0.3) is 11.1 Å². The molecule has 0 saturated carbocycles. The van der Waals surface area contributed by atoms with Gasteiger partial charge in [-0.25, -0.2) is 0 Å². The average molecular weight is 705 g/mol. The molecule has 0 aromatic heterocycles. The van der Waals surface area contributed by atoms with Gasteiger partial charge in [-0.3, -0.25) is 34.2 Å². The van der Waals surface area contributed by atoms with Gasteiger partial charge in [0, 0.05) is 25.0 Å². The SMILES string of the molecule is CN(CCOc1ccc(/C(=C(/CCCl)c2ccccc2)c2ccccc2)cc1)C(=O)CNc1cccc2c1C(=O)N(C1CCC(=O)NC1=O)C2=O. The van der Waals surface area contributed by atoms with E-state index in [9.17, 15) is 24.0 Å². The Morgan fingerprint density at radius 1 is 0.863 bits per heavy atom. The Balaban J connectivity index is 1.07. The quantitative estimate of drug-likeness (QED) is 0.105. The number of hydrogen-bond acceptors (Lipinski definition) is 7. The number of amides is 5. The number of anilines is 1. The van der Waals surface area contributed by atoms with Crippen LogP contribution in [-0.2, 0) is 14.4 Å². The molecule has 260 valence electrons. The van der Waals surface area contributed by atoms with Crippen LogP contribution >= 0.6 is 11.6 Å². The van der Waals surface area contributed by atoms with E-state index in [1.165, 1.54) is 11.0 Å². The Bertz CT molecular complexity index is 1980. The van der Waals surface area contributed by atoms with Crippen LogP contribution in [0.1, 0.15) is 56.7 Å². The van der Waals surface area contributed by atoms with Crippen LogP contribution in [0.3, 0.4) is 0 Å². The molecule has 0 bridgehead atoms. The molecular formula is C40H37ClN4O6. The van der Waals surface area contributed by atoms with Crippen LogP contribution in [0.4, 0.5) is 5.69 Å². The molecule has 2 N–H and O–H groups in total. The van der Waals surface area contributed by atoms with Crippen LogP contribution < -0.4 is 15.4 Å². The minimum atomic E-state index is -1.07. The molecular weight excluding hydrogens is 668 g/mol. The maximum absolute atomic E-state index is 13.3. The van der Waals surface area contributed by atoms with E-state index >= 15 is 0 Å². The van der Waals surface area contributed by atoms with Crippen molar-refractivity contribution < 1.29 is 28.7 Å². The van der Waals surface area contributed by atoms with E-state index < -0.39 is 29.7 Å². The Morgan fingerprint density at radius 2 is 1.53 bits per heavy atom. The van der Waals surface area contributed by atoms with Crippen molar-refractivity contribution in [3.63, 3.8) is 0 Å². The van der Waals surface area contributed by atoms with E-state index in [1.807, 2.05) is 60.7 Å². The fourth-order valence-corrected chi connectivity index (χ4v) is 6.57. The molecule has 0 spiro atoms. The van der Waals surface area contributed by atoms with Gasteiger partial charge in [0.2, 0.25) is 17.7 Å². The molecule has 1 saturated heterocycles. The summed E-state index contributed by atoms with van der Waals surface area (Å²) in [4.78, 5) is 65.9. The normalized spacial score (nSPS) is 16.0. The van der Waals surface area contributed by atoms with Gasteiger partial charge >= 0.3 is 0 Å². The first-order chi connectivity index (χ1) is 24.8. The van der Waals surface area contributed by atoms with Crippen LogP contribution in [0.5, 0.6) is 5.75 Å². The molecule has 5 amide bonds. The minimum absolute atomic E-state index is 0.0297. The molecule has 6 rings (SSSR count). The first kappa shape index (κ1) is 35.1. The number of nitrogens with one attached hydrogen (secondary N) is 2. The van der Waals surface area contributed by atoms with Gasteiger partial charge in [-0.15, -0.1) is 11.6 Å². The number of imide groups is 2. The lowest BCUT2D eigenvalue weighted by molar-refractivity contribution is -0.136. The number of piperidine rings is 1. The van der Waals surface area contributed by atoms with Crippen LogP contribution in [-0.4, -0.2) is 78.0 Å². The Labute approximate surface area is 301 Å². The number of likely N-dealkylation sites (N-methyl/N-ethyl adjacent to an activating group) is 1. The number of fused-ring (bicyclic) bond motifs is 1. The molecule has 4 aromatic rings. The van der Waals surface area contributed by atoms with Crippen LogP contribution in [0.2, 0.25) is 0 Å². The highest BCUT2D eigenvalue weighted by Gasteiger charge is 2.45. The van der Waals surface area contributed by atoms with Gasteiger partial charge in [0.1, 0.15) is 18.4 Å². The predicted molar refractivity (Wildman–Crippen MR) is 195 cm³/mol. The molecule has 2 aliphatic heterocycles. The largest absolute Gasteiger partial charge is 0.492 e. The van der Waals surface area contributed by atoms with Crippen molar-refractivity contribution in [1.82, 2.24) is 15.1 Å². The van der Waals surface area contributed by atoms with Crippen LogP contribution in [0.15, 0.2) is 103 Å². The monoisotopic (exact) mass is 704 g/mol. The highest BCUT2D eigenvalue weighted by molar-refractivity contribution is 6.25. The highest BCUT2D eigenvalue weighted by atomic mass is 35.5. The minimum Gasteiger partial charge on any atom is -0.492 e. The maximum Gasteiger partial charge on any atom is 0.264 e. The molecule has 0 aliphatic carbocycles.